The minimum Gasteiger partial charge on any atom is -0.317 e. The summed E-state index contributed by atoms with van der Waals surface area (Å²) in [7, 11) is 0. The first-order chi connectivity index (χ1) is 14.1. The molecular formula is C22H21N3O3S. The van der Waals surface area contributed by atoms with E-state index in [1.807, 2.05) is 0 Å². The second-order valence-corrected chi connectivity index (χ2v) is 8.44. The van der Waals surface area contributed by atoms with Crippen LogP contribution in [0, 0.1) is 11.3 Å². The van der Waals surface area contributed by atoms with Gasteiger partial charge in [0, 0.05) is 17.8 Å². The van der Waals surface area contributed by atoms with Crippen LogP contribution in [0.15, 0.2) is 24.3 Å². The summed E-state index contributed by atoms with van der Waals surface area (Å²) >= 11 is 1.51. The van der Waals surface area contributed by atoms with E-state index in [1.165, 1.54) is 27.5 Å². The number of benzene rings is 1. The summed E-state index contributed by atoms with van der Waals surface area (Å²) < 4.78 is 0. The fourth-order valence-electron chi connectivity index (χ4n) is 3.98. The van der Waals surface area contributed by atoms with Gasteiger partial charge in [0.1, 0.15) is 11.1 Å². The van der Waals surface area contributed by atoms with Crippen LogP contribution in [0.5, 0.6) is 0 Å². The lowest BCUT2D eigenvalue weighted by Gasteiger charge is -2.13. The fraction of sp³-hybridized carbons (Fsp3) is 0.364. The minimum atomic E-state index is -0.306. The van der Waals surface area contributed by atoms with Gasteiger partial charge in [-0.15, -0.1) is 11.3 Å². The Bertz CT molecular complexity index is 999. The van der Waals surface area contributed by atoms with E-state index in [9.17, 15) is 19.6 Å². The van der Waals surface area contributed by atoms with E-state index in [4.69, 9.17) is 0 Å². The van der Waals surface area contributed by atoms with Crippen molar-refractivity contribution >= 4 is 34.1 Å². The van der Waals surface area contributed by atoms with E-state index >= 15 is 0 Å². The Morgan fingerprint density at radius 3 is 2.48 bits per heavy atom. The van der Waals surface area contributed by atoms with Crippen molar-refractivity contribution in [3.05, 3.63) is 51.4 Å². The van der Waals surface area contributed by atoms with Crippen molar-refractivity contribution < 1.29 is 14.4 Å². The van der Waals surface area contributed by atoms with Gasteiger partial charge in [0.15, 0.2) is 0 Å². The van der Waals surface area contributed by atoms with Gasteiger partial charge in [-0.05, 0) is 49.8 Å². The van der Waals surface area contributed by atoms with Crippen LogP contribution >= 0.6 is 11.3 Å². The molecule has 1 aliphatic carbocycles. The molecule has 3 amide bonds. The topological polar surface area (TPSA) is 90.3 Å². The largest absolute Gasteiger partial charge is 0.317 e. The summed E-state index contributed by atoms with van der Waals surface area (Å²) in [4.78, 5) is 39.6. The summed E-state index contributed by atoms with van der Waals surface area (Å²) in [5.41, 5.74) is 2.53. The summed E-state index contributed by atoms with van der Waals surface area (Å²) in [6, 6.07) is 9.01. The van der Waals surface area contributed by atoms with Gasteiger partial charge >= 0.3 is 0 Å². The first-order valence-electron chi connectivity index (χ1n) is 9.90. The van der Waals surface area contributed by atoms with E-state index in [0.29, 0.717) is 28.1 Å². The molecule has 0 atom stereocenters. The number of amides is 3. The molecule has 7 heteroatoms. The van der Waals surface area contributed by atoms with Crippen LogP contribution in [0.4, 0.5) is 5.00 Å². The Labute approximate surface area is 173 Å². The second kappa shape index (κ2) is 8.18. The van der Waals surface area contributed by atoms with Crippen molar-refractivity contribution in [2.24, 2.45) is 0 Å². The predicted molar refractivity (Wildman–Crippen MR) is 110 cm³/mol. The maximum atomic E-state index is 12.4. The lowest BCUT2D eigenvalue weighted by Crippen LogP contribution is -2.31. The number of carbonyl (C=O) groups is 3. The molecule has 1 aromatic carbocycles. The first kappa shape index (κ1) is 19.3. The number of rotatable bonds is 5. The number of hydrogen-bond donors (Lipinski definition) is 1. The first-order valence-corrected chi connectivity index (χ1v) is 10.7. The van der Waals surface area contributed by atoms with Crippen LogP contribution in [-0.2, 0) is 17.6 Å². The Hall–Kier alpha value is -2.98. The number of hydrogen-bond acceptors (Lipinski definition) is 5. The van der Waals surface area contributed by atoms with Gasteiger partial charge in [-0.3, -0.25) is 19.3 Å². The molecule has 0 spiro atoms. The maximum absolute atomic E-state index is 12.4. The lowest BCUT2D eigenvalue weighted by atomic mass is 10.1. The molecule has 4 rings (SSSR count). The summed E-state index contributed by atoms with van der Waals surface area (Å²) in [5, 5.41) is 13.1. The molecule has 2 heterocycles. The van der Waals surface area contributed by atoms with Gasteiger partial charge in [0.25, 0.3) is 11.8 Å². The van der Waals surface area contributed by atoms with Gasteiger partial charge in [-0.25, -0.2) is 0 Å². The van der Waals surface area contributed by atoms with E-state index in [2.05, 4.69) is 11.4 Å². The van der Waals surface area contributed by atoms with E-state index in [0.717, 1.165) is 31.2 Å². The third-order valence-corrected chi connectivity index (χ3v) is 6.66. The molecule has 148 valence electrons. The standard InChI is InChI=1S/C22H21N3O3S/c23-13-17-14-7-2-1-3-10-18(14)29-20(17)24-19(26)11-6-12-25-21(27)15-8-4-5-9-16(15)22(25)28/h4-5,8-9H,1-3,6-7,10-12H2,(H,24,26). The second-order valence-electron chi connectivity index (χ2n) is 7.34. The summed E-state index contributed by atoms with van der Waals surface area (Å²) in [6.45, 7) is 0.200. The van der Waals surface area contributed by atoms with E-state index < -0.39 is 0 Å². The van der Waals surface area contributed by atoms with Crippen LogP contribution in [-0.4, -0.2) is 29.2 Å². The van der Waals surface area contributed by atoms with Crippen LogP contribution in [0.25, 0.3) is 0 Å². The molecule has 0 radical (unpaired) electrons. The normalized spacial score (nSPS) is 15.5. The fourth-order valence-corrected chi connectivity index (χ4v) is 5.23. The molecule has 2 aliphatic rings. The Morgan fingerprint density at radius 1 is 1.10 bits per heavy atom. The minimum absolute atomic E-state index is 0.181. The molecule has 1 aliphatic heterocycles. The highest BCUT2D eigenvalue weighted by Crippen LogP contribution is 2.37. The number of nitrogens with one attached hydrogen (secondary N) is 1. The smallest absolute Gasteiger partial charge is 0.261 e. The van der Waals surface area contributed by atoms with Crippen molar-refractivity contribution in [3.8, 4) is 6.07 Å². The third-order valence-electron chi connectivity index (χ3n) is 5.45. The monoisotopic (exact) mass is 407 g/mol. The van der Waals surface area contributed by atoms with E-state index in [1.54, 1.807) is 24.3 Å². The number of thiophene rings is 1. The molecule has 0 saturated carbocycles. The third kappa shape index (κ3) is 3.68. The molecule has 2 aromatic rings. The molecule has 0 unspecified atom stereocenters. The highest BCUT2D eigenvalue weighted by atomic mass is 32.1. The molecule has 0 bridgehead atoms. The van der Waals surface area contributed by atoms with Crippen LogP contribution in [0.1, 0.15) is 68.8 Å². The van der Waals surface area contributed by atoms with Crippen molar-refractivity contribution in [1.29, 1.82) is 5.26 Å². The molecule has 29 heavy (non-hydrogen) atoms. The Morgan fingerprint density at radius 2 is 1.79 bits per heavy atom. The van der Waals surface area contributed by atoms with Crippen molar-refractivity contribution in [1.82, 2.24) is 4.90 Å². The van der Waals surface area contributed by atoms with Crippen molar-refractivity contribution in [2.75, 3.05) is 11.9 Å². The zero-order valence-corrected chi connectivity index (χ0v) is 16.8. The molecule has 0 fully saturated rings. The van der Waals surface area contributed by atoms with Crippen LogP contribution in [0.2, 0.25) is 0 Å². The lowest BCUT2D eigenvalue weighted by molar-refractivity contribution is -0.116. The van der Waals surface area contributed by atoms with Gasteiger partial charge in [-0.1, -0.05) is 18.6 Å². The predicted octanol–water partition coefficient (Wildman–Crippen LogP) is 3.90. The highest BCUT2D eigenvalue weighted by molar-refractivity contribution is 7.16. The zero-order valence-electron chi connectivity index (χ0n) is 16.0. The summed E-state index contributed by atoms with van der Waals surface area (Å²) in [5.74, 6) is -0.811. The molecular weight excluding hydrogens is 386 g/mol. The number of carbonyl (C=O) groups excluding carboxylic acids is 3. The number of nitrogens with zero attached hydrogens (tertiary/aromatic N) is 2. The average molecular weight is 407 g/mol. The molecule has 0 saturated heterocycles. The highest BCUT2D eigenvalue weighted by Gasteiger charge is 2.34. The molecule has 1 N–H and O–H groups in total. The summed E-state index contributed by atoms with van der Waals surface area (Å²) in [6.07, 6.45) is 5.78. The van der Waals surface area contributed by atoms with Crippen molar-refractivity contribution in [2.45, 2.75) is 44.9 Å². The van der Waals surface area contributed by atoms with Gasteiger partial charge in [-0.2, -0.15) is 5.26 Å². The SMILES string of the molecule is N#Cc1c(NC(=O)CCCN2C(=O)c3ccccc3C2=O)sc2c1CCCCC2. The average Bonchev–Trinajstić information content (AvgIpc) is 3.04. The zero-order chi connectivity index (χ0) is 20.4. The number of aryl methyl sites for hydroxylation is 1. The number of nitriles is 1. The Kier molecular flexibility index (Phi) is 5.45. The van der Waals surface area contributed by atoms with Gasteiger partial charge in [0.05, 0.1) is 16.7 Å². The quantitative estimate of drug-likeness (QED) is 0.601. The van der Waals surface area contributed by atoms with Gasteiger partial charge in [0.2, 0.25) is 5.91 Å². The molecule has 1 aromatic heterocycles. The maximum Gasteiger partial charge on any atom is 0.261 e. The number of fused-ring (bicyclic) bond motifs is 2. The van der Waals surface area contributed by atoms with E-state index in [-0.39, 0.29) is 30.7 Å². The number of anilines is 1. The van der Waals surface area contributed by atoms with Crippen molar-refractivity contribution in [3.63, 3.8) is 0 Å². The van der Waals surface area contributed by atoms with Crippen LogP contribution in [0.3, 0.4) is 0 Å². The van der Waals surface area contributed by atoms with Gasteiger partial charge < -0.3 is 5.32 Å². The Balaban J connectivity index is 1.35. The van der Waals surface area contributed by atoms with Crippen LogP contribution < -0.4 is 5.32 Å². The molecule has 6 nitrogen and oxygen atoms in total. The number of imide groups is 1.